The van der Waals surface area contributed by atoms with Crippen LogP contribution in [0, 0.1) is 15.9 Å². The van der Waals surface area contributed by atoms with Gasteiger partial charge in [-0.05, 0) is 35.4 Å². The van der Waals surface area contributed by atoms with E-state index < -0.39 is 17.1 Å². The molecule has 3 N–H and O–H groups in total. The number of rotatable bonds is 6. The van der Waals surface area contributed by atoms with Crippen LogP contribution in [-0.4, -0.2) is 22.6 Å². The van der Waals surface area contributed by atoms with Gasteiger partial charge in [-0.15, -0.1) is 0 Å². The van der Waals surface area contributed by atoms with Gasteiger partial charge < -0.3 is 15.7 Å². The number of nitro benzene ring substituents is 1. The van der Waals surface area contributed by atoms with Gasteiger partial charge in [-0.2, -0.15) is 0 Å². The minimum absolute atomic E-state index is 0.0485. The summed E-state index contributed by atoms with van der Waals surface area (Å²) in [6.07, 6.45) is -0.984. The Morgan fingerprint density at radius 2 is 1.75 bits per heavy atom. The second kappa shape index (κ2) is 8.02. The van der Waals surface area contributed by atoms with E-state index in [1.165, 1.54) is 36.4 Å². The first-order valence-corrected chi connectivity index (χ1v) is 7.14. The largest absolute Gasteiger partial charge is 0.387 e. The number of nitro groups is 1. The van der Waals surface area contributed by atoms with E-state index in [-0.39, 0.29) is 24.6 Å². The third kappa shape index (κ3) is 5.03. The quantitative estimate of drug-likeness (QED) is 0.557. The van der Waals surface area contributed by atoms with Crippen molar-refractivity contribution in [2.75, 3.05) is 6.54 Å². The molecule has 2 amide bonds. The number of hydrogen-bond donors (Lipinski definition) is 3. The molecule has 7 nitrogen and oxygen atoms in total. The minimum Gasteiger partial charge on any atom is -0.387 e. The second-order valence-corrected chi connectivity index (χ2v) is 5.05. The number of halogens is 1. The lowest BCUT2D eigenvalue weighted by molar-refractivity contribution is -0.384. The Kier molecular flexibility index (Phi) is 5.80. The molecule has 0 heterocycles. The summed E-state index contributed by atoms with van der Waals surface area (Å²) >= 11 is 0. The monoisotopic (exact) mass is 333 g/mol. The number of amides is 2. The Bertz CT molecular complexity index is 704. The van der Waals surface area contributed by atoms with Gasteiger partial charge in [-0.1, -0.05) is 12.1 Å². The molecule has 0 aromatic heterocycles. The maximum Gasteiger partial charge on any atom is 0.315 e. The average molecular weight is 333 g/mol. The van der Waals surface area contributed by atoms with Crippen molar-refractivity contribution in [1.29, 1.82) is 0 Å². The summed E-state index contributed by atoms with van der Waals surface area (Å²) < 4.78 is 12.8. The van der Waals surface area contributed by atoms with Crippen LogP contribution in [-0.2, 0) is 6.54 Å². The number of nitrogens with one attached hydrogen (secondary N) is 2. The highest BCUT2D eigenvalue weighted by atomic mass is 19.1. The van der Waals surface area contributed by atoms with Gasteiger partial charge in [-0.25, -0.2) is 9.18 Å². The lowest BCUT2D eigenvalue weighted by atomic mass is 10.1. The van der Waals surface area contributed by atoms with Crippen LogP contribution in [0.4, 0.5) is 14.9 Å². The van der Waals surface area contributed by atoms with Gasteiger partial charge in [0.1, 0.15) is 5.82 Å². The van der Waals surface area contributed by atoms with Crippen LogP contribution in [0.15, 0.2) is 48.5 Å². The molecule has 1 unspecified atom stereocenters. The normalized spacial score (nSPS) is 11.6. The molecule has 24 heavy (non-hydrogen) atoms. The van der Waals surface area contributed by atoms with Crippen molar-refractivity contribution in [3.05, 3.63) is 75.6 Å². The van der Waals surface area contributed by atoms with Gasteiger partial charge >= 0.3 is 6.03 Å². The molecule has 1 atom stereocenters. The first-order valence-electron chi connectivity index (χ1n) is 7.14. The fourth-order valence-electron chi connectivity index (χ4n) is 1.97. The van der Waals surface area contributed by atoms with Gasteiger partial charge in [0.05, 0.1) is 11.0 Å². The number of hydrogen-bond acceptors (Lipinski definition) is 4. The molecular weight excluding hydrogens is 317 g/mol. The fraction of sp³-hybridized carbons (Fsp3) is 0.188. The van der Waals surface area contributed by atoms with Gasteiger partial charge in [0, 0.05) is 25.2 Å². The van der Waals surface area contributed by atoms with Crippen LogP contribution >= 0.6 is 0 Å². The van der Waals surface area contributed by atoms with Gasteiger partial charge in [0.25, 0.3) is 5.69 Å². The molecule has 0 saturated heterocycles. The SMILES string of the molecule is O=C(NCc1ccc(F)cc1)NCC(O)c1ccc([N+](=O)[O-])cc1. The third-order valence-electron chi connectivity index (χ3n) is 3.31. The highest BCUT2D eigenvalue weighted by molar-refractivity contribution is 5.73. The average Bonchev–Trinajstić information content (AvgIpc) is 2.59. The number of carbonyl (C=O) groups is 1. The summed E-state index contributed by atoms with van der Waals surface area (Å²) in [4.78, 5) is 21.7. The molecule has 0 aliphatic heterocycles. The van der Waals surface area contributed by atoms with E-state index in [2.05, 4.69) is 10.6 Å². The number of benzene rings is 2. The molecule has 0 saturated carbocycles. The highest BCUT2D eigenvalue weighted by Gasteiger charge is 2.11. The van der Waals surface area contributed by atoms with E-state index in [4.69, 9.17) is 0 Å². The summed E-state index contributed by atoms with van der Waals surface area (Å²) in [6.45, 7) is 0.173. The molecule has 0 aliphatic carbocycles. The molecule has 0 aliphatic rings. The van der Waals surface area contributed by atoms with Crippen LogP contribution in [0.25, 0.3) is 0 Å². The number of non-ortho nitro benzene ring substituents is 1. The standard InChI is InChI=1S/C16H16FN3O4/c17-13-5-1-11(2-6-13)9-18-16(22)19-10-15(21)12-3-7-14(8-4-12)20(23)24/h1-8,15,21H,9-10H2,(H2,18,19,22). The molecule has 0 spiro atoms. The molecule has 0 radical (unpaired) electrons. The zero-order chi connectivity index (χ0) is 17.5. The molecule has 2 aromatic carbocycles. The predicted molar refractivity (Wildman–Crippen MR) is 84.7 cm³/mol. The fourth-order valence-corrected chi connectivity index (χ4v) is 1.97. The van der Waals surface area contributed by atoms with Gasteiger partial charge in [0.2, 0.25) is 0 Å². The number of urea groups is 1. The predicted octanol–water partition coefficient (Wildman–Crippen LogP) is 2.27. The van der Waals surface area contributed by atoms with E-state index in [1.54, 1.807) is 12.1 Å². The third-order valence-corrected chi connectivity index (χ3v) is 3.31. The van der Waals surface area contributed by atoms with E-state index in [0.29, 0.717) is 5.56 Å². The molecule has 8 heteroatoms. The van der Waals surface area contributed by atoms with E-state index in [1.807, 2.05) is 0 Å². The van der Waals surface area contributed by atoms with Crippen molar-refractivity contribution in [3.63, 3.8) is 0 Å². The first kappa shape index (κ1) is 17.4. The Morgan fingerprint density at radius 1 is 1.12 bits per heavy atom. The van der Waals surface area contributed by atoms with Crippen LogP contribution in [0.1, 0.15) is 17.2 Å². The lowest BCUT2D eigenvalue weighted by Crippen LogP contribution is -2.37. The van der Waals surface area contributed by atoms with Crippen molar-refractivity contribution in [3.8, 4) is 0 Å². The Morgan fingerprint density at radius 3 is 2.33 bits per heavy atom. The summed E-state index contributed by atoms with van der Waals surface area (Å²) in [7, 11) is 0. The van der Waals surface area contributed by atoms with E-state index in [0.717, 1.165) is 5.56 Å². The van der Waals surface area contributed by atoms with Gasteiger partial charge in [0.15, 0.2) is 0 Å². The number of aliphatic hydroxyl groups is 1. The number of aliphatic hydroxyl groups excluding tert-OH is 1. The maximum absolute atomic E-state index is 12.8. The Labute approximate surface area is 137 Å². The second-order valence-electron chi connectivity index (χ2n) is 5.05. The van der Waals surface area contributed by atoms with Crippen LogP contribution in [0.5, 0.6) is 0 Å². The molecule has 0 fully saturated rings. The van der Waals surface area contributed by atoms with Crippen LogP contribution < -0.4 is 10.6 Å². The number of carbonyl (C=O) groups excluding carboxylic acids is 1. The molecule has 0 bridgehead atoms. The molecular formula is C16H16FN3O4. The van der Waals surface area contributed by atoms with Crippen molar-refractivity contribution >= 4 is 11.7 Å². The number of nitrogens with zero attached hydrogens (tertiary/aromatic N) is 1. The summed E-state index contributed by atoms with van der Waals surface area (Å²) in [5.41, 5.74) is 1.12. The summed E-state index contributed by atoms with van der Waals surface area (Å²) in [6, 6.07) is 10.7. The maximum atomic E-state index is 12.8. The molecule has 2 aromatic rings. The van der Waals surface area contributed by atoms with Crippen LogP contribution in [0.2, 0.25) is 0 Å². The molecule has 126 valence electrons. The van der Waals surface area contributed by atoms with Gasteiger partial charge in [-0.3, -0.25) is 10.1 Å². The molecule has 2 rings (SSSR count). The highest BCUT2D eigenvalue weighted by Crippen LogP contribution is 2.17. The lowest BCUT2D eigenvalue weighted by Gasteiger charge is -2.13. The Hall–Kier alpha value is -3.00. The van der Waals surface area contributed by atoms with Crippen molar-refractivity contribution in [2.24, 2.45) is 0 Å². The van der Waals surface area contributed by atoms with Crippen molar-refractivity contribution in [2.45, 2.75) is 12.6 Å². The zero-order valence-electron chi connectivity index (χ0n) is 12.6. The van der Waals surface area contributed by atoms with E-state index >= 15 is 0 Å². The summed E-state index contributed by atoms with van der Waals surface area (Å²) in [5.74, 6) is -0.352. The Balaban J connectivity index is 1.78. The van der Waals surface area contributed by atoms with Crippen molar-refractivity contribution in [1.82, 2.24) is 10.6 Å². The topological polar surface area (TPSA) is 104 Å². The van der Waals surface area contributed by atoms with E-state index in [9.17, 15) is 24.4 Å². The first-order chi connectivity index (χ1) is 11.5. The smallest absolute Gasteiger partial charge is 0.315 e. The zero-order valence-corrected chi connectivity index (χ0v) is 12.6. The van der Waals surface area contributed by atoms with Crippen LogP contribution in [0.3, 0.4) is 0 Å². The summed E-state index contributed by atoms with van der Waals surface area (Å²) in [5, 5.41) is 25.6. The van der Waals surface area contributed by atoms with Crippen molar-refractivity contribution < 1.29 is 19.2 Å². The minimum atomic E-state index is -0.984.